The molecular formula is C13H14BrNO3S2. The van der Waals surface area contributed by atoms with E-state index in [9.17, 15) is 8.42 Å². The van der Waals surface area contributed by atoms with Crippen molar-refractivity contribution in [2.75, 3.05) is 13.7 Å². The Hall–Kier alpha value is -0.890. The van der Waals surface area contributed by atoms with E-state index >= 15 is 0 Å². The van der Waals surface area contributed by atoms with Crippen molar-refractivity contribution in [1.29, 1.82) is 0 Å². The summed E-state index contributed by atoms with van der Waals surface area (Å²) in [6.07, 6.45) is 0.618. The van der Waals surface area contributed by atoms with Gasteiger partial charge in [-0.1, -0.05) is 12.1 Å². The third kappa shape index (κ3) is 3.82. The second-order valence-corrected chi connectivity index (χ2v) is 7.84. The van der Waals surface area contributed by atoms with Gasteiger partial charge in [-0.2, -0.15) is 0 Å². The van der Waals surface area contributed by atoms with Crippen molar-refractivity contribution in [2.24, 2.45) is 0 Å². The number of rotatable bonds is 6. The number of thiophene rings is 1. The van der Waals surface area contributed by atoms with Crippen LogP contribution in [-0.4, -0.2) is 22.1 Å². The Morgan fingerprint density at radius 2 is 2.15 bits per heavy atom. The van der Waals surface area contributed by atoms with Crippen LogP contribution in [0.1, 0.15) is 5.56 Å². The van der Waals surface area contributed by atoms with Crippen LogP contribution in [0.3, 0.4) is 0 Å². The fourth-order valence-electron chi connectivity index (χ4n) is 1.68. The Morgan fingerprint density at radius 3 is 2.75 bits per heavy atom. The summed E-state index contributed by atoms with van der Waals surface area (Å²) < 4.78 is 32.8. The molecule has 4 nitrogen and oxygen atoms in total. The molecule has 0 unspecified atom stereocenters. The lowest BCUT2D eigenvalue weighted by atomic mass is 10.1. The first-order valence-corrected chi connectivity index (χ1v) is 9.04. The molecular weight excluding hydrogens is 362 g/mol. The fourth-order valence-corrected chi connectivity index (χ4v) is 4.34. The molecule has 0 amide bonds. The molecule has 1 N–H and O–H groups in total. The van der Waals surface area contributed by atoms with Gasteiger partial charge in [0.15, 0.2) is 0 Å². The smallest absolute Gasteiger partial charge is 0.250 e. The lowest BCUT2D eigenvalue weighted by Gasteiger charge is -2.07. The zero-order chi connectivity index (χ0) is 14.6. The highest BCUT2D eigenvalue weighted by Gasteiger charge is 2.14. The van der Waals surface area contributed by atoms with Crippen LogP contribution >= 0.6 is 27.3 Å². The van der Waals surface area contributed by atoms with E-state index in [2.05, 4.69) is 20.7 Å². The van der Waals surface area contributed by atoms with Gasteiger partial charge in [0.25, 0.3) is 0 Å². The van der Waals surface area contributed by atoms with E-state index in [0.717, 1.165) is 15.8 Å². The summed E-state index contributed by atoms with van der Waals surface area (Å²) in [5.41, 5.74) is 1.03. The molecule has 1 heterocycles. The molecule has 0 saturated carbocycles. The van der Waals surface area contributed by atoms with Gasteiger partial charge in [-0.05, 0) is 51.5 Å². The van der Waals surface area contributed by atoms with Gasteiger partial charge < -0.3 is 4.74 Å². The van der Waals surface area contributed by atoms with E-state index < -0.39 is 10.0 Å². The van der Waals surface area contributed by atoms with Crippen LogP contribution in [0.2, 0.25) is 0 Å². The highest BCUT2D eigenvalue weighted by molar-refractivity contribution is 9.10. The molecule has 0 aliphatic heterocycles. The van der Waals surface area contributed by atoms with E-state index in [-0.39, 0.29) is 0 Å². The zero-order valence-electron chi connectivity index (χ0n) is 10.8. The minimum Gasteiger partial charge on any atom is -0.496 e. The van der Waals surface area contributed by atoms with Crippen molar-refractivity contribution < 1.29 is 13.2 Å². The molecule has 0 radical (unpaired) electrons. The van der Waals surface area contributed by atoms with Crippen molar-refractivity contribution in [1.82, 2.24) is 4.72 Å². The number of methoxy groups -OCH3 is 1. The second kappa shape index (κ2) is 6.71. The Kier molecular flexibility index (Phi) is 5.20. The van der Waals surface area contributed by atoms with Crippen molar-refractivity contribution in [3.8, 4) is 5.75 Å². The van der Waals surface area contributed by atoms with E-state index in [1.807, 2.05) is 18.2 Å². The largest absolute Gasteiger partial charge is 0.496 e. The molecule has 108 valence electrons. The molecule has 0 fully saturated rings. The number of hydrogen-bond donors (Lipinski definition) is 1. The fraction of sp³-hybridized carbons (Fsp3) is 0.231. The highest BCUT2D eigenvalue weighted by Crippen LogP contribution is 2.25. The summed E-state index contributed by atoms with van der Waals surface area (Å²) in [5, 5.41) is 1.75. The lowest BCUT2D eigenvalue weighted by molar-refractivity contribution is 0.412. The molecule has 0 aliphatic carbocycles. The van der Waals surface area contributed by atoms with Crippen LogP contribution in [0.25, 0.3) is 0 Å². The maximum atomic E-state index is 11.9. The second-order valence-electron chi connectivity index (χ2n) is 4.05. The maximum Gasteiger partial charge on any atom is 0.250 e. The molecule has 0 aliphatic rings. The Bertz CT molecular complexity index is 669. The zero-order valence-corrected chi connectivity index (χ0v) is 14.0. The van der Waals surface area contributed by atoms with Gasteiger partial charge in [-0.25, -0.2) is 13.1 Å². The number of benzene rings is 1. The first-order chi connectivity index (χ1) is 9.53. The van der Waals surface area contributed by atoms with Crippen molar-refractivity contribution in [3.05, 3.63) is 45.7 Å². The molecule has 2 aromatic rings. The molecule has 1 aromatic heterocycles. The third-order valence-corrected chi connectivity index (χ3v) is 6.16. The molecule has 0 spiro atoms. The summed E-state index contributed by atoms with van der Waals surface area (Å²) in [5.74, 6) is 0.757. The van der Waals surface area contributed by atoms with Gasteiger partial charge in [0, 0.05) is 6.54 Å². The average molecular weight is 376 g/mol. The highest BCUT2D eigenvalue weighted by atomic mass is 79.9. The van der Waals surface area contributed by atoms with Gasteiger partial charge >= 0.3 is 0 Å². The maximum absolute atomic E-state index is 11.9. The topological polar surface area (TPSA) is 55.4 Å². The first kappa shape index (κ1) is 15.5. The minimum atomic E-state index is -3.38. The van der Waals surface area contributed by atoms with Gasteiger partial charge in [0.05, 0.1) is 11.6 Å². The van der Waals surface area contributed by atoms with Crippen LogP contribution in [0.5, 0.6) is 5.75 Å². The van der Waals surface area contributed by atoms with Crippen molar-refractivity contribution >= 4 is 37.3 Å². The van der Waals surface area contributed by atoms with E-state index in [1.165, 1.54) is 11.3 Å². The monoisotopic (exact) mass is 375 g/mol. The Morgan fingerprint density at radius 1 is 1.35 bits per heavy atom. The summed E-state index contributed by atoms with van der Waals surface area (Å²) in [4.78, 5) is 0. The molecule has 1 aromatic carbocycles. The van der Waals surface area contributed by atoms with Gasteiger partial charge in [0.1, 0.15) is 9.96 Å². The van der Waals surface area contributed by atoms with E-state index in [0.29, 0.717) is 17.2 Å². The standard InChI is InChI=1S/C13H14BrNO3S2/c1-18-12-5-4-10(9-11(12)14)6-7-15-20(16,17)13-3-2-8-19-13/h2-5,8-9,15H,6-7H2,1H3. The number of nitrogens with one attached hydrogen (secondary N) is 1. The van der Waals surface area contributed by atoms with Crippen molar-refractivity contribution in [3.63, 3.8) is 0 Å². The Labute approximate surface area is 131 Å². The lowest BCUT2D eigenvalue weighted by Crippen LogP contribution is -2.25. The number of hydrogen-bond acceptors (Lipinski definition) is 4. The third-order valence-electron chi connectivity index (χ3n) is 2.68. The quantitative estimate of drug-likeness (QED) is 0.843. The average Bonchev–Trinajstić information content (AvgIpc) is 2.93. The SMILES string of the molecule is COc1ccc(CCNS(=O)(=O)c2cccs2)cc1Br. The molecule has 0 atom stereocenters. The predicted octanol–water partition coefficient (Wildman–Crippen LogP) is 3.04. The minimum absolute atomic E-state index is 0.341. The first-order valence-electron chi connectivity index (χ1n) is 5.88. The van der Waals surface area contributed by atoms with E-state index in [4.69, 9.17) is 4.74 Å². The van der Waals surface area contributed by atoms with Crippen LogP contribution in [0.4, 0.5) is 0 Å². The summed E-state index contributed by atoms with van der Waals surface area (Å²) in [6, 6.07) is 9.02. The van der Waals surface area contributed by atoms with Crippen LogP contribution in [0.15, 0.2) is 44.4 Å². The number of sulfonamides is 1. The van der Waals surface area contributed by atoms with E-state index in [1.54, 1.807) is 24.6 Å². The summed E-state index contributed by atoms with van der Waals surface area (Å²) in [6.45, 7) is 0.360. The summed E-state index contributed by atoms with van der Waals surface area (Å²) in [7, 11) is -1.77. The predicted molar refractivity (Wildman–Crippen MR) is 83.9 cm³/mol. The molecule has 20 heavy (non-hydrogen) atoms. The summed E-state index contributed by atoms with van der Waals surface area (Å²) >= 11 is 4.62. The molecule has 2 rings (SSSR count). The van der Waals surface area contributed by atoms with Crippen LogP contribution in [-0.2, 0) is 16.4 Å². The number of halogens is 1. The number of ether oxygens (including phenoxy) is 1. The molecule has 7 heteroatoms. The van der Waals surface area contributed by atoms with Crippen LogP contribution < -0.4 is 9.46 Å². The van der Waals surface area contributed by atoms with Gasteiger partial charge in [-0.15, -0.1) is 11.3 Å². The van der Waals surface area contributed by atoms with Gasteiger partial charge in [0.2, 0.25) is 10.0 Å². The Balaban J connectivity index is 1.95. The normalized spacial score (nSPS) is 11.5. The van der Waals surface area contributed by atoms with Gasteiger partial charge in [-0.3, -0.25) is 0 Å². The van der Waals surface area contributed by atoms with Crippen LogP contribution in [0, 0.1) is 0 Å². The van der Waals surface area contributed by atoms with Crippen molar-refractivity contribution in [2.45, 2.75) is 10.6 Å². The molecule has 0 saturated heterocycles. The molecule has 0 bridgehead atoms.